The number of amides is 1. The maximum Gasteiger partial charge on any atom is 0.271 e. The molecule has 3 rings (SSSR count). The zero-order valence-electron chi connectivity index (χ0n) is 14.0. The highest BCUT2D eigenvalue weighted by molar-refractivity contribution is 6.34. The van der Waals surface area contributed by atoms with Gasteiger partial charge in [-0.15, -0.1) is 5.10 Å². The number of hydrogen-bond acceptors (Lipinski definition) is 4. The zero-order valence-corrected chi connectivity index (χ0v) is 15.6. The summed E-state index contributed by atoms with van der Waals surface area (Å²) in [5, 5.41) is 14.7. The van der Waals surface area contributed by atoms with Gasteiger partial charge in [-0.25, -0.2) is 4.68 Å². The van der Waals surface area contributed by atoms with Crippen LogP contribution in [0.5, 0.6) is 0 Å². The minimum atomic E-state index is -0.301. The molecule has 0 spiro atoms. The fourth-order valence-electron chi connectivity index (χ4n) is 2.54. The van der Waals surface area contributed by atoms with Crippen molar-refractivity contribution in [1.82, 2.24) is 25.6 Å². The van der Waals surface area contributed by atoms with Crippen LogP contribution in [0.15, 0.2) is 48.7 Å². The molecule has 26 heavy (non-hydrogen) atoms. The number of benzene rings is 2. The number of nitrogens with one attached hydrogen (secondary N) is 2. The van der Waals surface area contributed by atoms with E-state index in [2.05, 4.69) is 20.9 Å². The molecule has 0 atom stereocenters. The van der Waals surface area contributed by atoms with Crippen LogP contribution in [-0.2, 0) is 13.1 Å². The summed E-state index contributed by atoms with van der Waals surface area (Å²) in [5.41, 5.74) is 2.93. The smallest absolute Gasteiger partial charge is 0.271 e. The van der Waals surface area contributed by atoms with Gasteiger partial charge < -0.3 is 10.6 Å². The number of halogens is 2. The van der Waals surface area contributed by atoms with Gasteiger partial charge in [-0.1, -0.05) is 52.7 Å². The van der Waals surface area contributed by atoms with Crippen LogP contribution in [0.2, 0.25) is 10.0 Å². The van der Waals surface area contributed by atoms with E-state index >= 15 is 0 Å². The maximum atomic E-state index is 12.6. The molecule has 0 unspecified atom stereocenters. The number of carbonyl (C=O) groups is 1. The lowest BCUT2D eigenvalue weighted by Gasteiger charge is -2.10. The highest BCUT2D eigenvalue weighted by Gasteiger charge is 2.16. The van der Waals surface area contributed by atoms with Gasteiger partial charge in [-0.3, -0.25) is 4.79 Å². The SMILES string of the molecule is CNCc1cccc(CNC(=O)c2cnnn2-c2cc(Cl)ccc2Cl)c1. The molecule has 0 bridgehead atoms. The van der Waals surface area contributed by atoms with E-state index in [0.717, 1.165) is 17.7 Å². The minimum absolute atomic E-state index is 0.278. The summed E-state index contributed by atoms with van der Waals surface area (Å²) in [7, 11) is 1.89. The molecule has 2 N–H and O–H groups in total. The zero-order chi connectivity index (χ0) is 18.5. The molecule has 134 valence electrons. The predicted molar refractivity (Wildman–Crippen MR) is 102 cm³/mol. The average Bonchev–Trinajstić information content (AvgIpc) is 3.12. The quantitative estimate of drug-likeness (QED) is 0.678. The van der Waals surface area contributed by atoms with Gasteiger partial charge in [0.25, 0.3) is 5.91 Å². The Balaban J connectivity index is 1.76. The molecule has 1 aromatic heterocycles. The predicted octanol–water partition coefficient (Wildman–Crippen LogP) is 3.22. The van der Waals surface area contributed by atoms with E-state index in [1.165, 1.54) is 10.9 Å². The summed E-state index contributed by atoms with van der Waals surface area (Å²) in [6.07, 6.45) is 1.39. The van der Waals surface area contributed by atoms with Crippen LogP contribution in [0.4, 0.5) is 0 Å². The first-order valence-corrected chi connectivity index (χ1v) is 8.71. The molecule has 0 aliphatic heterocycles. The number of carbonyl (C=O) groups excluding carboxylic acids is 1. The topological polar surface area (TPSA) is 71.8 Å². The molecular formula is C18H17Cl2N5O. The molecular weight excluding hydrogens is 373 g/mol. The van der Waals surface area contributed by atoms with Crippen molar-refractivity contribution in [3.63, 3.8) is 0 Å². The fraction of sp³-hybridized carbons (Fsp3) is 0.167. The molecule has 3 aromatic rings. The molecule has 0 radical (unpaired) electrons. The second-order valence-corrected chi connectivity index (χ2v) is 6.50. The van der Waals surface area contributed by atoms with Crippen molar-refractivity contribution in [1.29, 1.82) is 0 Å². The Morgan fingerprint density at radius 2 is 1.88 bits per heavy atom. The van der Waals surface area contributed by atoms with Gasteiger partial charge in [0.1, 0.15) is 0 Å². The molecule has 0 fully saturated rings. The summed E-state index contributed by atoms with van der Waals surface area (Å²) in [6.45, 7) is 1.16. The van der Waals surface area contributed by atoms with Gasteiger partial charge in [-0.2, -0.15) is 0 Å². The molecule has 0 aliphatic carbocycles. The lowest BCUT2D eigenvalue weighted by Crippen LogP contribution is -2.25. The van der Waals surface area contributed by atoms with Crippen LogP contribution < -0.4 is 10.6 Å². The number of nitrogens with zero attached hydrogens (tertiary/aromatic N) is 3. The Hall–Kier alpha value is -2.41. The normalized spacial score (nSPS) is 10.7. The van der Waals surface area contributed by atoms with E-state index in [1.807, 2.05) is 31.3 Å². The van der Waals surface area contributed by atoms with E-state index in [1.54, 1.807) is 18.2 Å². The first-order valence-electron chi connectivity index (χ1n) is 7.95. The largest absolute Gasteiger partial charge is 0.347 e. The van der Waals surface area contributed by atoms with Crippen LogP contribution in [0.1, 0.15) is 21.6 Å². The summed E-state index contributed by atoms with van der Waals surface area (Å²) < 4.78 is 1.38. The van der Waals surface area contributed by atoms with Crippen molar-refractivity contribution in [2.45, 2.75) is 13.1 Å². The van der Waals surface area contributed by atoms with Crippen LogP contribution >= 0.6 is 23.2 Å². The minimum Gasteiger partial charge on any atom is -0.347 e. The van der Waals surface area contributed by atoms with Gasteiger partial charge >= 0.3 is 0 Å². The monoisotopic (exact) mass is 389 g/mol. The van der Waals surface area contributed by atoms with Crippen LogP contribution in [0.25, 0.3) is 5.69 Å². The maximum absolute atomic E-state index is 12.6. The highest BCUT2D eigenvalue weighted by Crippen LogP contribution is 2.24. The number of rotatable bonds is 6. The number of aromatic nitrogens is 3. The Kier molecular flexibility index (Phi) is 5.88. The van der Waals surface area contributed by atoms with Gasteiger partial charge in [0.2, 0.25) is 0 Å². The molecule has 2 aromatic carbocycles. The molecule has 0 aliphatic rings. The van der Waals surface area contributed by atoms with Crippen molar-refractivity contribution < 1.29 is 4.79 Å². The second kappa shape index (κ2) is 8.31. The van der Waals surface area contributed by atoms with Gasteiger partial charge in [0.05, 0.1) is 16.9 Å². The Bertz CT molecular complexity index is 925. The van der Waals surface area contributed by atoms with E-state index < -0.39 is 0 Å². The third-order valence-electron chi connectivity index (χ3n) is 3.74. The fourth-order valence-corrected chi connectivity index (χ4v) is 2.91. The van der Waals surface area contributed by atoms with E-state index in [0.29, 0.717) is 22.3 Å². The first kappa shape index (κ1) is 18.4. The molecule has 1 heterocycles. The van der Waals surface area contributed by atoms with Gasteiger partial charge in [0.15, 0.2) is 5.69 Å². The summed E-state index contributed by atoms with van der Waals surface area (Å²) in [6, 6.07) is 12.9. The average molecular weight is 390 g/mol. The summed E-state index contributed by atoms with van der Waals surface area (Å²) >= 11 is 12.2. The summed E-state index contributed by atoms with van der Waals surface area (Å²) in [4.78, 5) is 12.6. The van der Waals surface area contributed by atoms with Crippen LogP contribution in [-0.4, -0.2) is 27.9 Å². The van der Waals surface area contributed by atoms with Crippen LogP contribution in [0, 0.1) is 0 Å². The molecule has 0 saturated heterocycles. The van der Waals surface area contributed by atoms with E-state index in [-0.39, 0.29) is 11.6 Å². The highest BCUT2D eigenvalue weighted by atomic mass is 35.5. The first-order chi connectivity index (χ1) is 12.6. The molecule has 6 nitrogen and oxygen atoms in total. The van der Waals surface area contributed by atoms with Crippen molar-refractivity contribution in [2.75, 3.05) is 7.05 Å². The number of hydrogen-bond donors (Lipinski definition) is 2. The molecule has 8 heteroatoms. The van der Waals surface area contributed by atoms with E-state index in [4.69, 9.17) is 23.2 Å². The molecule has 1 amide bonds. The van der Waals surface area contributed by atoms with Crippen molar-refractivity contribution in [2.24, 2.45) is 0 Å². The van der Waals surface area contributed by atoms with Crippen molar-refractivity contribution >= 4 is 29.1 Å². The third kappa shape index (κ3) is 4.22. The Morgan fingerprint density at radius 3 is 2.65 bits per heavy atom. The van der Waals surface area contributed by atoms with Crippen LogP contribution in [0.3, 0.4) is 0 Å². The third-order valence-corrected chi connectivity index (χ3v) is 4.30. The van der Waals surface area contributed by atoms with Crippen molar-refractivity contribution in [3.8, 4) is 5.69 Å². The molecule has 0 saturated carbocycles. The lowest BCUT2D eigenvalue weighted by atomic mass is 10.1. The van der Waals surface area contributed by atoms with E-state index in [9.17, 15) is 4.79 Å². The van der Waals surface area contributed by atoms with Gasteiger partial charge in [-0.05, 0) is 36.4 Å². The van der Waals surface area contributed by atoms with Gasteiger partial charge in [0, 0.05) is 18.1 Å². The Morgan fingerprint density at radius 1 is 1.12 bits per heavy atom. The second-order valence-electron chi connectivity index (χ2n) is 5.66. The lowest BCUT2D eigenvalue weighted by molar-refractivity contribution is 0.0943. The standard InChI is InChI=1S/C18H17Cl2N5O/c1-21-9-12-3-2-4-13(7-12)10-22-18(26)17-11-23-24-25(17)16-8-14(19)5-6-15(16)20/h2-8,11,21H,9-10H2,1H3,(H,22,26). The summed E-state index contributed by atoms with van der Waals surface area (Å²) in [5.74, 6) is -0.301. The Labute approximate surface area is 161 Å². The van der Waals surface area contributed by atoms with Crippen molar-refractivity contribution in [3.05, 3.63) is 75.5 Å².